The molecule has 0 fully saturated rings. The second-order valence-corrected chi connectivity index (χ2v) is 2.10. The summed E-state index contributed by atoms with van der Waals surface area (Å²) >= 11 is 0. The second-order valence-electron chi connectivity index (χ2n) is 2.10. The summed E-state index contributed by atoms with van der Waals surface area (Å²) in [5.41, 5.74) is 14.9. The molecule has 0 radical (unpaired) electrons. The lowest BCUT2D eigenvalue weighted by Gasteiger charge is -2.19. The van der Waals surface area contributed by atoms with Crippen molar-refractivity contribution in [1.82, 2.24) is 0 Å². The van der Waals surface area contributed by atoms with E-state index in [1.165, 1.54) is 5.57 Å². The van der Waals surface area contributed by atoms with Crippen molar-refractivity contribution in [3.8, 4) is 0 Å². The van der Waals surface area contributed by atoms with Crippen molar-refractivity contribution < 1.29 is 0 Å². The molecule has 0 heterocycles. The Labute approximate surface area is 48.9 Å². The second kappa shape index (κ2) is 1.75. The molecule has 1 rings (SSSR count). The minimum atomic E-state index is -0.226. The quantitative estimate of drug-likeness (QED) is 0.367. The molecule has 1 aliphatic rings. The molecule has 0 amide bonds. The van der Waals surface area contributed by atoms with Crippen LogP contribution in [0.15, 0.2) is 17.4 Å². The lowest BCUT2D eigenvalue weighted by atomic mass is 9.91. The lowest BCUT2D eigenvalue weighted by molar-refractivity contribution is 0.565. The van der Waals surface area contributed by atoms with Gasteiger partial charge < -0.3 is 11.5 Å². The molecule has 4 N–H and O–H groups in total. The van der Waals surface area contributed by atoms with E-state index in [0.29, 0.717) is 0 Å². The van der Waals surface area contributed by atoms with Gasteiger partial charge in [0.15, 0.2) is 0 Å². The first-order valence-corrected chi connectivity index (χ1v) is 2.66. The average molecular weight is 110 g/mol. The standard InChI is InChI=1S/C6H10N2/c1-4-2-3-5(4)6(7)8/h3,5-6H,7-8H2,1H3/t5-/m1/s1. The fraction of sp³-hybridized carbons (Fsp3) is 0.500. The highest BCUT2D eigenvalue weighted by Gasteiger charge is 2.16. The number of hydrogen-bond acceptors (Lipinski definition) is 2. The van der Waals surface area contributed by atoms with Crippen LogP contribution < -0.4 is 11.5 Å². The van der Waals surface area contributed by atoms with E-state index >= 15 is 0 Å². The summed E-state index contributed by atoms with van der Waals surface area (Å²) < 4.78 is 0. The van der Waals surface area contributed by atoms with Crippen molar-refractivity contribution in [2.75, 3.05) is 0 Å². The van der Waals surface area contributed by atoms with Crippen LogP contribution in [0.4, 0.5) is 0 Å². The minimum absolute atomic E-state index is 0.226. The molecule has 2 nitrogen and oxygen atoms in total. The first-order valence-electron chi connectivity index (χ1n) is 2.66. The molecule has 8 heavy (non-hydrogen) atoms. The highest BCUT2D eigenvalue weighted by Crippen LogP contribution is 2.18. The Balaban J connectivity index is 2.50. The van der Waals surface area contributed by atoms with Crippen LogP contribution in [0, 0.1) is 5.92 Å². The predicted molar refractivity (Wildman–Crippen MR) is 32.9 cm³/mol. The lowest BCUT2D eigenvalue weighted by Crippen LogP contribution is -2.39. The fourth-order valence-electron chi connectivity index (χ4n) is 0.746. The molecule has 1 aliphatic carbocycles. The molecule has 0 aromatic rings. The van der Waals surface area contributed by atoms with Gasteiger partial charge in [0, 0.05) is 5.92 Å². The van der Waals surface area contributed by atoms with E-state index in [9.17, 15) is 0 Å². The van der Waals surface area contributed by atoms with Gasteiger partial charge in [0.1, 0.15) is 0 Å². The third kappa shape index (κ3) is 0.693. The van der Waals surface area contributed by atoms with Crippen molar-refractivity contribution in [3.05, 3.63) is 17.4 Å². The van der Waals surface area contributed by atoms with Crippen LogP contribution in [0.3, 0.4) is 0 Å². The van der Waals surface area contributed by atoms with Crippen LogP contribution in [0.1, 0.15) is 6.92 Å². The minimum Gasteiger partial charge on any atom is -0.315 e. The van der Waals surface area contributed by atoms with Gasteiger partial charge in [-0.05, 0) is 18.6 Å². The van der Waals surface area contributed by atoms with Gasteiger partial charge >= 0.3 is 0 Å². The summed E-state index contributed by atoms with van der Waals surface area (Å²) in [6.45, 7) is 1.98. The van der Waals surface area contributed by atoms with E-state index in [1.54, 1.807) is 0 Å². The van der Waals surface area contributed by atoms with Crippen LogP contribution in [-0.4, -0.2) is 6.17 Å². The molecule has 2 heteroatoms. The smallest absolute Gasteiger partial charge is 0.0636 e. The van der Waals surface area contributed by atoms with E-state index in [4.69, 9.17) is 11.5 Å². The van der Waals surface area contributed by atoms with Gasteiger partial charge in [0.2, 0.25) is 0 Å². The molecule has 0 aromatic carbocycles. The Morgan fingerprint density at radius 3 is 2.38 bits per heavy atom. The third-order valence-corrected chi connectivity index (χ3v) is 1.41. The number of nitrogens with two attached hydrogens (primary N) is 2. The van der Waals surface area contributed by atoms with Crippen LogP contribution in [0.25, 0.3) is 0 Å². The molecule has 0 unspecified atom stereocenters. The molecule has 44 valence electrons. The van der Waals surface area contributed by atoms with E-state index in [0.717, 1.165) is 0 Å². The molecule has 1 atom stereocenters. The average Bonchev–Trinajstić information content (AvgIpc) is 1.61. The maximum atomic E-state index is 5.37. The van der Waals surface area contributed by atoms with Crippen LogP contribution in [-0.2, 0) is 0 Å². The Bertz CT molecular complexity index is 152. The molecular formula is C6H10N2. The van der Waals surface area contributed by atoms with Crippen LogP contribution in [0.2, 0.25) is 0 Å². The Hall–Kier alpha value is -0.560. The first-order chi connectivity index (χ1) is 3.72. The van der Waals surface area contributed by atoms with Gasteiger partial charge in [-0.15, -0.1) is 5.73 Å². The molecule has 0 spiro atoms. The van der Waals surface area contributed by atoms with Gasteiger partial charge in [-0.3, -0.25) is 0 Å². The Morgan fingerprint density at radius 1 is 1.75 bits per heavy atom. The Morgan fingerprint density at radius 2 is 2.38 bits per heavy atom. The zero-order valence-corrected chi connectivity index (χ0v) is 4.89. The topological polar surface area (TPSA) is 52.0 Å². The summed E-state index contributed by atoms with van der Waals surface area (Å²) in [4.78, 5) is 0. The van der Waals surface area contributed by atoms with Crippen LogP contribution in [0.5, 0.6) is 0 Å². The maximum absolute atomic E-state index is 5.37. The summed E-state index contributed by atoms with van der Waals surface area (Å²) in [5.74, 6) is 0.287. The molecule has 0 aromatic heterocycles. The largest absolute Gasteiger partial charge is 0.315 e. The van der Waals surface area contributed by atoms with Gasteiger partial charge in [-0.1, -0.05) is 0 Å². The van der Waals surface area contributed by atoms with Gasteiger partial charge in [0.05, 0.1) is 6.17 Å². The van der Waals surface area contributed by atoms with Crippen molar-refractivity contribution in [2.24, 2.45) is 17.4 Å². The van der Waals surface area contributed by atoms with E-state index in [1.807, 2.05) is 13.0 Å². The van der Waals surface area contributed by atoms with Crippen molar-refractivity contribution >= 4 is 0 Å². The van der Waals surface area contributed by atoms with Crippen LogP contribution >= 0.6 is 0 Å². The number of hydrogen-bond donors (Lipinski definition) is 2. The first kappa shape index (κ1) is 5.57. The van der Waals surface area contributed by atoms with E-state index in [-0.39, 0.29) is 12.1 Å². The predicted octanol–water partition coefficient (Wildman–Crippen LogP) is -0.0389. The fourth-order valence-corrected chi connectivity index (χ4v) is 0.746. The monoisotopic (exact) mass is 110 g/mol. The zero-order valence-electron chi connectivity index (χ0n) is 4.89. The summed E-state index contributed by atoms with van der Waals surface area (Å²) in [7, 11) is 0. The number of rotatable bonds is 1. The normalized spacial score (nSPS) is 25.5. The molecule has 0 bridgehead atoms. The summed E-state index contributed by atoms with van der Waals surface area (Å²) in [5, 5.41) is 0. The highest BCUT2D eigenvalue weighted by molar-refractivity contribution is 5.21. The SMILES string of the molecule is CC1=C=C[C@H]1C(N)N. The molecule has 0 aliphatic heterocycles. The maximum Gasteiger partial charge on any atom is 0.0636 e. The van der Waals surface area contributed by atoms with Crippen molar-refractivity contribution in [3.63, 3.8) is 0 Å². The third-order valence-electron chi connectivity index (χ3n) is 1.41. The van der Waals surface area contributed by atoms with E-state index < -0.39 is 0 Å². The van der Waals surface area contributed by atoms with Crippen molar-refractivity contribution in [2.45, 2.75) is 13.1 Å². The summed E-state index contributed by atoms with van der Waals surface area (Å²) in [6.07, 6.45) is 1.68. The molecule has 0 saturated heterocycles. The van der Waals surface area contributed by atoms with E-state index in [2.05, 4.69) is 5.73 Å². The van der Waals surface area contributed by atoms with Gasteiger partial charge in [-0.25, -0.2) is 0 Å². The highest BCUT2D eigenvalue weighted by atomic mass is 14.9. The molecular weight excluding hydrogens is 100 g/mol. The van der Waals surface area contributed by atoms with Gasteiger partial charge in [0.25, 0.3) is 0 Å². The summed E-state index contributed by atoms with van der Waals surface area (Å²) in [6, 6.07) is 0. The zero-order chi connectivity index (χ0) is 6.15. The van der Waals surface area contributed by atoms with Crippen molar-refractivity contribution in [1.29, 1.82) is 0 Å². The molecule has 0 saturated carbocycles. The van der Waals surface area contributed by atoms with Gasteiger partial charge in [-0.2, -0.15) is 0 Å². The Kier molecular flexibility index (Phi) is 1.22.